The highest BCUT2D eigenvalue weighted by molar-refractivity contribution is 5.99. The number of aliphatic imine (C=N–C) groups is 1. The van der Waals surface area contributed by atoms with Crippen LogP contribution < -0.4 is 38.5 Å². The van der Waals surface area contributed by atoms with E-state index in [0.717, 1.165) is 38.5 Å². The molecular weight excluding hydrogens is 476 g/mol. The molecule has 5 atom stereocenters. The Labute approximate surface area is 219 Å². The summed E-state index contributed by atoms with van der Waals surface area (Å²) in [6.45, 7) is 3.85. The molecule has 0 aromatic heterocycles. The van der Waals surface area contributed by atoms with Crippen molar-refractivity contribution in [3.8, 4) is 0 Å². The third-order valence-electron chi connectivity index (χ3n) is 7.10. The highest BCUT2D eigenvalue weighted by Crippen LogP contribution is 2.30. The Hall–Kier alpha value is -2.73. The van der Waals surface area contributed by atoms with E-state index in [-0.39, 0.29) is 41.9 Å². The third-order valence-corrected chi connectivity index (χ3v) is 7.10. The maximum absolute atomic E-state index is 13.6. The van der Waals surface area contributed by atoms with Gasteiger partial charge in [0.15, 0.2) is 11.7 Å². The Kier molecular flexibility index (Phi) is 13.3. The largest absolute Gasteiger partial charge is 0.370 e. The molecule has 0 saturated carbocycles. The van der Waals surface area contributed by atoms with Gasteiger partial charge in [0, 0.05) is 31.5 Å². The number of nitrogens with zero attached hydrogens (tertiary/aromatic N) is 1. The van der Waals surface area contributed by atoms with Crippen molar-refractivity contribution in [3.05, 3.63) is 0 Å². The van der Waals surface area contributed by atoms with Gasteiger partial charge in [0.05, 0.1) is 6.04 Å². The SMILES string of the molecule is CCCC[C@@H]1NC[C@H](C(=O)C2C[C@H](C(=O)NCCCCCCN)NC(=O)[C@@H]2CCCN=C(N)N)NC1=O. The summed E-state index contributed by atoms with van der Waals surface area (Å²) in [4.78, 5) is 56.1. The van der Waals surface area contributed by atoms with Crippen LogP contribution in [0.25, 0.3) is 0 Å². The summed E-state index contributed by atoms with van der Waals surface area (Å²) in [5.41, 5.74) is 16.3. The van der Waals surface area contributed by atoms with Crippen molar-refractivity contribution in [2.75, 3.05) is 26.2 Å². The van der Waals surface area contributed by atoms with Gasteiger partial charge in [-0.15, -0.1) is 0 Å². The quantitative estimate of drug-likeness (QED) is 0.0759. The second-order valence-corrected chi connectivity index (χ2v) is 10.0. The molecule has 2 saturated heterocycles. The molecule has 0 aromatic carbocycles. The molecule has 1 unspecified atom stereocenters. The van der Waals surface area contributed by atoms with E-state index in [9.17, 15) is 19.2 Å². The maximum Gasteiger partial charge on any atom is 0.242 e. The molecule has 12 heteroatoms. The van der Waals surface area contributed by atoms with Crippen molar-refractivity contribution in [3.63, 3.8) is 0 Å². The molecule has 0 radical (unpaired) electrons. The first-order chi connectivity index (χ1) is 17.8. The van der Waals surface area contributed by atoms with Crippen molar-refractivity contribution in [2.24, 2.45) is 34.0 Å². The van der Waals surface area contributed by atoms with E-state index in [2.05, 4.69) is 33.2 Å². The molecule has 37 heavy (non-hydrogen) atoms. The lowest BCUT2D eigenvalue weighted by atomic mass is 9.75. The predicted molar refractivity (Wildman–Crippen MR) is 142 cm³/mol. The van der Waals surface area contributed by atoms with Crippen LogP contribution in [0.3, 0.4) is 0 Å². The van der Waals surface area contributed by atoms with Gasteiger partial charge in [0.2, 0.25) is 17.7 Å². The van der Waals surface area contributed by atoms with Crippen molar-refractivity contribution < 1.29 is 19.2 Å². The van der Waals surface area contributed by atoms with Crippen molar-refractivity contribution >= 4 is 29.5 Å². The highest BCUT2D eigenvalue weighted by Gasteiger charge is 2.45. The molecule has 0 bridgehead atoms. The Bertz CT molecular complexity index is 802. The molecule has 3 amide bonds. The van der Waals surface area contributed by atoms with E-state index < -0.39 is 23.9 Å². The zero-order chi connectivity index (χ0) is 27.2. The van der Waals surface area contributed by atoms with Crippen LogP contribution in [0, 0.1) is 11.8 Å². The summed E-state index contributed by atoms with van der Waals surface area (Å²) in [5.74, 6) is -2.43. The number of nitrogens with one attached hydrogen (secondary N) is 4. The van der Waals surface area contributed by atoms with Crippen LogP contribution in [-0.4, -0.2) is 73.8 Å². The molecule has 2 heterocycles. The number of ketones is 1. The summed E-state index contributed by atoms with van der Waals surface area (Å²) in [6, 6.07) is -1.87. The van der Waals surface area contributed by atoms with Crippen LogP contribution in [0.4, 0.5) is 0 Å². The van der Waals surface area contributed by atoms with Gasteiger partial charge in [-0.2, -0.15) is 0 Å². The third kappa shape index (κ3) is 9.92. The summed E-state index contributed by atoms with van der Waals surface area (Å²) >= 11 is 0. The van der Waals surface area contributed by atoms with E-state index in [1.165, 1.54) is 0 Å². The van der Waals surface area contributed by atoms with E-state index in [1.54, 1.807) is 0 Å². The first-order valence-corrected chi connectivity index (χ1v) is 13.7. The van der Waals surface area contributed by atoms with Gasteiger partial charge in [-0.25, -0.2) is 0 Å². The van der Waals surface area contributed by atoms with Gasteiger partial charge in [-0.1, -0.05) is 32.6 Å². The van der Waals surface area contributed by atoms with E-state index in [1.807, 2.05) is 0 Å². The summed E-state index contributed by atoms with van der Waals surface area (Å²) in [7, 11) is 0. The fourth-order valence-electron chi connectivity index (χ4n) is 4.98. The van der Waals surface area contributed by atoms with Gasteiger partial charge >= 0.3 is 0 Å². The smallest absolute Gasteiger partial charge is 0.242 e. The van der Waals surface area contributed by atoms with Gasteiger partial charge in [0.25, 0.3) is 0 Å². The topological polar surface area (TPSA) is 207 Å². The van der Waals surface area contributed by atoms with E-state index in [4.69, 9.17) is 17.2 Å². The molecule has 2 fully saturated rings. The highest BCUT2D eigenvalue weighted by atomic mass is 16.2. The minimum atomic E-state index is -0.802. The zero-order valence-electron chi connectivity index (χ0n) is 22.1. The van der Waals surface area contributed by atoms with E-state index >= 15 is 0 Å². The van der Waals surface area contributed by atoms with Gasteiger partial charge in [-0.3, -0.25) is 24.2 Å². The van der Waals surface area contributed by atoms with Crippen LogP contribution in [-0.2, 0) is 19.2 Å². The van der Waals surface area contributed by atoms with Crippen LogP contribution in [0.1, 0.15) is 71.1 Å². The minimum absolute atomic E-state index is 0.0332. The number of guanidine groups is 1. The van der Waals surface area contributed by atoms with Crippen LogP contribution in [0.15, 0.2) is 4.99 Å². The first-order valence-electron chi connectivity index (χ1n) is 13.7. The number of piperidine rings is 1. The van der Waals surface area contributed by atoms with E-state index in [0.29, 0.717) is 45.4 Å². The number of piperazine rings is 1. The number of amides is 3. The van der Waals surface area contributed by atoms with Crippen LogP contribution in [0.5, 0.6) is 0 Å². The monoisotopic (exact) mass is 522 g/mol. The molecule has 2 aliphatic rings. The van der Waals surface area contributed by atoms with Crippen LogP contribution in [0.2, 0.25) is 0 Å². The van der Waals surface area contributed by atoms with Crippen molar-refractivity contribution in [2.45, 2.75) is 89.3 Å². The number of unbranched alkanes of at least 4 members (excludes halogenated alkanes) is 4. The number of carbonyl (C=O) groups excluding carboxylic acids is 4. The van der Waals surface area contributed by atoms with Crippen LogP contribution >= 0.6 is 0 Å². The molecule has 12 nitrogen and oxygen atoms in total. The molecule has 0 aromatic rings. The maximum atomic E-state index is 13.6. The van der Waals surface area contributed by atoms with Gasteiger partial charge < -0.3 is 38.5 Å². The lowest BCUT2D eigenvalue weighted by Crippen LogP contribution is -2.64. The average molecular weight is 523 g/mol. The summed E-state index contributed by atoms with van der Waals surface area (Å²) in [6.07, 6.45) is 7.41. The molecule has 210 valence electrons. The molecule has 2 rings (SSSR count). The molecular formula is C25H46N8O4. The Morgan fingerprint density at radius 2 is 1.70 bits per heavy atom. The Morgan fingerprint density at radius 3 is 2.38 bits per heavy atom. The average Bonchev–Trinajstić information content (AvgIpc) is 2.87. The second kappa shape index (κ2) is 16.2. The lowest BCUT2D eigenvalue weighted by Gasteiger charge is -2.38. The first kappa shape index (κ1) is 30.5. The normalized spacial score (nSPS) is 25.6. The number of rotatable bonds is 16. The Balaban J connectivity index is 2.04. The number of hydrogen-bond donors (Lipinski definition) is 7. The number of nitrogens with two attached hydrogens (primary N) is 3. The zero-order valence-corrected chi connectivity index (χ0v) is 22.1. The summed E-state index contributed by atoms with van der Waals surface area (Å²) in [5, 5.41) is 11.7. The second-order valence-electron chi connectivity index (χ2n) is 10.0. The fourth-order valence-corrected chi connectivity index (χ4v) is 4.98. The number of hydrogen-bond acceptors (Lipinski definition) is 7. The Morgan fingerprint density at radius 1 is 0.973 bits per heavy atom. The molecule has 10 N–H and O–H groups in total. The fraction of sp³-hybridized carbons (Fsp3) is 0.800. The minimum Gasteiger partial charge on any atom is -0.370 e. The van der Waals surface area contributed by atoms with Gasteiger partial charge in [0.1, 0.15) is 12.1 Å². The van der Waals surface area contributed by atoms with Crippen molar-refractivity contribution in [1.82, 2.24) is 21.3 Å². The molecule has 0 aliphatic carbocycles. The standard InChI is InChI=1S/C25H46N8O4/c1-2-3-10-18-24(37)33-20(15-31-18)21(34)17-14-19(23(36)29-12-7-5-4-6-11-26)32-22(35)16(17)9-8-13-30-25(27)28/h16-20,31H,2-15,26H2,1H3,(H,29,36)(H,32,35)(H,33,37)(H4,27,28,30)/t16-,17?,18+,19-,20-/m1/s1. The lowest BCUT2D eigenvalue weighted by molar-refractivity contribution is -0.143. The molecule has 0 spiro atoms. The number of carbonyl (C=O) groups is 4. The number of Topliss-reactive ketones (excluding diaryl/α,β-unsaturated/α-hetero) is 1. The van der Waals surface area contributed by atoms with Crippen molar-refractivity contribution in [1.29, 1.82) is 0 Å². The summed E-state index contributed by atoms with van der Waals surface area (Å²) < 4.78 is 0. The predicted octanol–water partition coefficient (Wildman–Crippen LogP) is -0.988. The van der Waals surface area contributed by atoms with Gasteiger partial charge in [-0.05, 0) is 45.1 Å². The molecule has 2 aliphatic heterocycles.